The quantitative estimate of drug-likeness (QED) is 0.678. The topological polar surface area (TPSA) is 79.5 Å². The average molecular weight is 376 g/mol. The first-order chi connectivity index (χ1) is 12.3. The van der Waals surface area contributed by atoms with E-state index in [2.05, 4.69) is 16.2 Å². The second-order valence-corrected chi connectivity index (χ2v) is 6.38. The van der Waals surface area contributed by atoms with Crippen LogP contribution in [0.1, 0.15) is 16.7 Å². The van der Waals surface area contributed by atoms with Gasteiger partial charge in [-0.1, -0.05) is 29.3 Å². The lowest BCUT2D eigenvalue weighted by molar-refractivity contribution is -0.129. The van der Waals surface area contributed by atoms with Gasteiger partial charge in [-0.3, -0.25) is 20.4 Å². The van der Waals surface area contributed by atoms with Crippen LogP contribution in [0.2, 0.25) is 5.02 Å². The molecule has 2 amide bonds. The summed E-state index contributed by atoms with van der Waals surface area (Å²) in [5.74, 6) is -0.289. The van der Waals surface area contributed by atoms with E-state index >= 15 is 0 Å². The van der Waals surface area contributed by atoms with Crippen LogP contribution >= 0.6 is 11.6 Å². The molecule has 0 aliphatic carbocycles. The Morgan fingerprint density at radius 1 is 0.962 bits per heavy atom. The Morgan fingerprint density at radius 2 is 1.69 bits per heavy atom. The zero-order chi connectivity index (χ0) is 19.1. The molecule has 0 unspecified atom stereocenters. The minimum Gasteiger partial charge on any atom is -0.484 e. The number of anilines is 1. The fraction of sp³-hybridized carbons (Fsp3) is 0.263. The number of rotatable bonds is 6. The molecule has 2 aromatic carbocycles. The van der Waals surface area contributed by atoms with Crippen molar-refractivity contribution in [2.75, 3.05) is 18.5 Å². The van der Waals surface area contributed by atoms with Crippen molar-refractivity contribution in [3.63, 3.8) is 0 Å². The van der Waals surface area contributed by atoms with Crippen LogP contribution in [0.4, 0.5) is 5.69 Å². The molecule has 2 rings (SSSR count). The molecule has 0 fully saturated rings. The molecule has 26 heavy (non-hydrogen) atoms. The van der Waals surface area contributed by atoms with Gasteiger partial charge >= 0.3 is 0 Å². The number of amides is 2. The number of hydrazine groups is 1. The molecule has 2 aromatic rings. The third kappa shape index (κ3) is 5.97. The maximum atomic E-state index is 11.8. The van der Waals surface area contributed by atoms with E-state index in [1.54, 1.807) is 18.2 Å². The van der Waals surface area contributed by atoms with Gasteiger partial charge in [-0.05, 0) is 56.2 Å². The molecule has 3 N–H and O–H groups in total. The molecular weight excluding hydrogens is 354 g/mol. The molecule has 0 radical (unpaired) electrons. The maximum absolute atomic E-state index is 11.8. The van der Waals surface area contributed by atoms with Crippen molar-refractivity contribution in [1.82, 2.24) is 10.9 Å². The smallest absolute Gasteiger partial charge is 0.276 e. The van der Waals surface area contributed by atoms with E-state index in [0.29, 0.717) is 10.8 Å². The standard InChI is InChI=1S/C19H22ClN3O3/c1-12-4-7-17(14(3)8-12)21-10-18(24)22-23-19(25)11-26-15-5-6-16(20)13(2)9-15/h4-9,21H,10-11H2,1-3H3,(H,22,24)(H,23,25). The number of carbonyl (C=O) groups is 2. The summed E-state index contributed by atoms with van der Waals surface area (Å²) in [5.41, 5.74) is 8.58. The van der Waals surface area contributed by atoms with Gasteiger partial charge in [0, 0.05) is 10.7 Å². The van der Waals surface area contributed by atoms with Crippen LogP contribution in [0, 0.1) is 20.8 Å². The summed E-state index contributed by atoms with van der Waals surface area (Å²) in [4.78, 5) is 23.6. The van der Waals surface area contributed by atoms with Crippen LogP contribution in [0.25, 0.3) is 0 Å². The molecule has 0 heterocycles. The Labute approximate surface area is 157 Å². The average Bonchev–Trinajstić information content (AvgIpc) is 2.60. The van der Waals surface area contributed by atoms with Crippen molar-refractivity contribution in [3.8, 4) is 5.75 Å². The number of benzene rings is 2. The number of halogens is 1. The summed E-state index contributed by atoms with van der Waals surface area (Å²) >= 11 is 5.93. The molecule has 7 heteroatoms. The largest absolute Gasteiger partial charge is 0.484 e. The highest BCUT2D eigenvalue weighted by molar-refractivity contribution is 6.31. The second kappa shape index (κ2) is 9.10. The summed E-state index contributed by atoms with van der Waals surface area (Å²) in [6.07, 6.45) is 0. The summed E-state index contributed by atoms with van der Waals surface area (Å²) in [5, 5.41) is 3.66. The highest BCUT2D eigenvalue weighted by Gasteiger charge is 2.07. The molecule has 138 valence electrons. The van der Waals surface area contributed by atoms with Crippen LogP contribution in [0.3, 0.4) is 0 Å². The first kappa shape index (κ1) is 19.6. The van der Waals surface area contributed by atoms with Gasteiger partial charge in [-0.25, -0.2) is 0 Å². The summed E-state index contributed by atoms with van der Waals surface area (Å²) < 4.78 is 5.35. The predicted molar refractivity (Wildman–Crippen MR) is 102 cm³/mol. The fourth-order valence-electron chi connectivity index (χ4n) is 2.26. The third-order valence-corrected chi connectivity index (χ3v) is 4.09. The van der Waals surface area contributed by atoms with E-state index in [4.69, 9.17) is 16.3 Å². The Balaban J connectivity index is 1.71. The van der Waals surface area contributed by atoms with Gasteiger partial charge < -0.3 is 10.1 Å². The molecule has 0 atom stereocenters. The minimum absolute atomic E-state index is 0.0431. The van der Waals surface area contributed by atoms with E-state index in [9.17, 15) is 9.59 Å². The van der Waals surface area contributed by atoms with Crippen LogP contribution in [0.5, 0.6) is 5.75 Å². The van der Waals surface area contributed by atoms with Crippen molar-refractivity contribution in [2.24, 2.45) is 0 Å². The van der Waals surface area contributed by atoms with Crippen molar-refractivity contribution < 1.29 is 14.3 Å². The first-order valence-corrected chi connectivity index (χ1v) is 8.50. The Kier molecular flexibility index (Phi) is 6.86. The molecule has 0 saturated carbocycles. The summed E-state index contributed by atoms with van der Waals surface area (Å²) in [6, 6.07) is 11.0. The molecule has 6 nitrogen and oxygen atoms in total. The van der Waals surface area contributed by atoms with Gasteiger partial charge in [0.2, 0.25) is 0 Å². The minimum atomic E-state index is -0.461. The number of nitrogens with one attached hydrogen (secondary N) is 3. The summed E-state index contributed by atoms with van der Waals surface area (Å²) in [6.45, 7) is 5.64. The van der Waals surface area contributed by atoms with Gasteiger partial charge in [0.1, 0.15) is 5.75 Å². The van der Waals surface area contributed by atoms with Crippen LogP contribution < -0.4 is 20.9 Å². The Morgan fingerprint density at radius 3 is 2.38 bits per heavy atom. The monoisotopic (exact) mass is 375 g/mol. The number of aryl methyl sites for hydroxylation is 3. The van der Waals surface area contributed by atoms with Crippen LogP contribution in [-0.4, -0.2) is 25.0 Å². The van der Waals surface area contributed by atoms with E-state index in [-0.39, 0.29) is 19.1 Å². The second-order valence-electron chi connectivity index (χ2n) is 5.97. The van der Waals surface area contributed by atoms with Gasteiger partial charge in [-0.15, -0.1) is 0 Å². The third-order valence-electron chi connectivity index (χ3n) is 3.66. The van der Waals surface area contributed by atoms with E-state index in [0.717, 1.165) is 22.4 Å². The molecule has 0 aliphatic rings. The molecule has 0 bridgehead atoms. The number of hydrogen-bond acceptors (Lipinski definition) is 4. The van der Waals surface area contributed by atoms with E-state index in [1.807, 2.05) is 39.0 Å². The molecule has 0 aliphatic heterocycles. The molecule has 0 spiro atoms. The van der Waals surface area contributed by atoms with Crippen LogP contribution in [-0.2, 0) is 9.59 Å². The van der Waals surface area contributed by atoms with E-state index < -0.39 is 5.91 Å². The fourth-order valence-corrected chi connectivity index (χ4v) is 2.38. The predicted octanol–water partition coefficient (Wildman–Crippen LogP) is 2.90. The summed E-state index contributed by atoms with van der Waals surface area (Å²) in [7, 11) is 0. The molecular formula is C19H22ClN3O3. The Hall–Kier alpha value is -2.73. The van der Waals surface area contributed by atoms with E-state index in [1.165, 1.54) is 0 Å². The number of ether oxygens (including phenoxy) is 1. The zero-order valence-corrected chi connectivity index (χ0v) is 15.7. The van der Waals surface area contributed by atoms with Crippen molar-refractivity contribution in [1.29, 1.82) is 0 Å². The lowest BCUT2D eigenvalue weighted by Gasteiger charge is -2.12. The van der Waals surface area contributed by atoms with Gasteiger partial charge in [0.25, 0.3) is 11.8 Å². The highest BCUT2D eigenvalue weighted by atomic mass is 35.5. The molecule has 0 saturated heterocycles. The zero-order valence-electron chi connectivity index (χ0n) is 15.0. The first-order valence-electron chi connectivity index (χ1n) is 8.13. The number of carbonyl (C=O) groups excluding carboxylic acids is 2. The SMILES string of the molecule is Cc1ccc(NCC(=O)NNC(=O)COc2ccc(Cl)c(C)c2)c(C)c1. The Bertz CT molecular complexity index is 809. The normalized spacial score (nSPS) is 10.2. The lowest BCUT2D eigenvalue weighted by Crippen LogP contribution is -2.46. The lowest BCUT2D eigenvalue weighted by atomic mass is 10.1. The van der Waals surface area contributed by atoms with Crippen LogP contribution in [0.15, 0.2) is 36.4 Å². The van der Waals surface area contributed by atoms with Crippen molar-refractivity contribution in [2.45, 2.75) is 20.8 Å². The maximum Gasteiger partial charge on any atom is 0.276 e. The number of hydrogen-bond donors (Lipinski definition) is 3. The van der Waals surface area contributed by atoms with Gasteiger partial charge in [-0.2, -0.15) is 0 Å². The highest BCUT2D eigenvalue weighted by Crippen LogP contribution is 2.20. The molecule has 0 aromatic heterocycles. The van der Waals surface area contributed by atoms with Crippen molar-refractivity contribution >= 4 is 29.1 Å². The van der Waals surface area contributed by atoms with Gasteiger partial charge in [0.05, 0.1) is 6.54 Å². The van der Waals surface area contributed by atoms with Crippen molar-refractivity contribution in [3.05, 3.63) is 58.1 Å². The van der Waals surface area contributed by atoms with Gasteiger partial charge in [0.15, 0.2) is 6.61 Å².